The van der Waals surface area contributed by atoms with Crippen LogP contribution in [-0.2, 0) is 5.60 Å². The van der Waals surface area contributed by atoms with E-state index in [1.807, 2.05) is 12.1 Å². The highest BCUT2D eigenvalue weighted by Gasteiger charge is 2.22. The molecule has 0 aliphatic carbocycles. The molecular weight excluding hydrogens is 178 g/mol. The molecule has 14 heavy (non-hydrogen) atoms. The monoisotopic (exact) mass is 195 g/mol. The van der Waals surface area contributed by atoms with Gasteiger partial charge in [-0.15, -0.1) is 0 Å². The van der Waals surface area contributed by atoms with E-state index in [2.05, 4.69) is 0 Å². The average molecular weight is 195 g/mol. The van der Waals surface area contributed by atoms with Crippen molar-refractivity contribution < 1.29 is 10.2 Å². The van der Waals surface area contributed by atoms with E-state index < -0.39 is 11.7 Å². The van der Waals surface area contributed by atoms with Gasteiger partial charge in [-0.25, -0.2) is 0 Å². The highest BCUT2D eigenvalue weighted by atomic mass is 16.3. The summed E-state index contributed by atoms with van der Waals surface area (Å²) in [7, 11) is 0. The molecule has 1 rings (SSSR count). The normalized spacial score (nSPS) is 14.1. The average Bonchev–Trinajstić information content (AvgIpc) is 2.15. The summed E-state index contributed by atoms with van der Waals surface area (Å²) < 4.78 is 0. The molecule has 1 aromatic carbocycles. The largest absolute Gasteiger partial charge is 0.387 e. The lowest BCUT2D eigenvalue weighted by molar-refractivity contribution is 0.0733. The number of benzene rings is 1. The van der Waals surface area contributed by atoms with Gasteiger partial charge in [-0.3, -0.25) is 0 Å². The Hall–Kier alpha value is -0.900. The molecule has 78 valence electrons. The third-order valence-corrected chi connectivity index (χ3v) is 2.20. The van der Waals surface area contributed by atoms with Gasteiger partial charge >= 0.3 is 0 Å². The minimum atomic E-state index is -0.952. The van der Waals surface area contributed by atoms with Gasteiger partial charge in [0, 0.05) is 6.54 Å². The third-order valence-electron chi connectivity index (χ3n) is 2.20. The Kier molecular flexibility index (Phi) is 3.26. The fraction of sp³-hybridized carbons (Fsp3) is 0.455. The number of hydrogen-bond donors (Lipinski definition) is 3. The molecule has 0 amide bonds. The molecule has 0 saturated carbocycles. The maximum Gasteiger partial charge on any atom is 0.0915 e. The summed E-state index contributed by atoms with van der Waals surface area (Å²) in [6.45, 7) is 3.54. The van der Waals surface area contributed by atoms with E-state index >= 15 is 0 Å². The van der Waals surface area contributed by atoms with Gasteiger partial charge in [-0.05, 0) is 25.0 Å². The van der Waals surface area contributed by atoms with Crippen molar-refractivity contribution >= 4 is 0 Å². The van der Waals surface area contributed by atoms with Crippen LogP contribution in [0.1, 0.15) is 31.1 Å². The highest BCUT2D eigenvalue weighted by molar-refractivity contribution is 5.33. The van der Waals surface area contributed by atoms with Crippen molar-refractivity contribution in [2.75, 3.05) is 6.54 Å². The second kappa shape index (κ2) is 4.09. The first-order valence-electron chi connectivity index (χ1n) is 4.66. The standard InChI is InChI=1S/C11H17NO2/c1-11(2,14)9-6-4-3-5-8(9)10(13)7-12/h3-6,10,13-14H,7,12H2,1-2H3. The van der Waals surface area contributed by atoms with Crippen molar-refractivity contribution in [3.63, 3.8) is 0 Å². The molecule has 1 aromatic rings. The van der Waals surface area contributed by atoms with E-state index in [1.54, 1.807) is 26.0 Å². The maximum atomic E-state index is 9.86. The molecule has 4 N–H and O–H groups in total. The molecule has 0 bridgehead atoms. The zero-order chi connectivity index (χ0) is 10.8. The second-order valence-corrected chi connectivity index (χ2v) is 3.90. The van der Waals surface area contributed by atoms with Gasteiger partial charge in [-0.1, -0.05) is 24.3 Å². The zero-order valence-corrected chi connectivity index (χ0v) is 8.57. The van der Waals surface area contributed by atoms with Crippen LogP contribution in [0.2, 0.25) is 0 Å². The van der Waals surface area contributed by atoms with Crippen LogP contribution in [-0.4, -0.2) is 16.8 Å². The Labute approximate surface area is 84.2 Å². The van der Waals surface area contributed by atoms with Gasteiger partial charge in [0.2, 0.25) is 0 Å². The first-order chi connectivity index (χ1) is 6.46. The van der Waals surface area contributed by atoms with Gasteiger partial charge in [0.25, 0.3) is 0 Å². The predicted molar refractivity (Wildman–Crippen MR) is 55.7 cm³/mol. The second-order valence-electron chi connectivity index (χ2n) is 3.90. The Morgan fingerprint density at radius 2 is 1.93 bits per heavy atom. The molecule has 1 atom stereocenters. The first-order valence-corrected chi connectivity index (χ1v) is 4.66. The summed E-state index contributed by atoms with van der Waals surface area (Å²) in [6.07, 6.45) is -0.711. The fourth-order valence-electron chi connectivity index (χ4n) is 1.47. The van der Waals surface area contributed by atoms with Crippen LogP contribution in [0.3, 0.4) is 0 Å². The van der Waals surface area contributed by atoms with Gasteiger partial charge in [-0.2, -0.15) is 0 Å². The lowest BCUT2D eigenvalue weighted by atomic mass is 9.91. The van der Waals surface area contributed by atoms with Crippen molar-refractivity contribution in [2.45, 2.75) is 25.6 Å². The predicted octanol–water partition coefficient (Wildman–Crippen LogP) is 0.906. The minimum Gasteiger partial charge on any atom is -0.387 e. The summed E-state index contributed by atoms with van der Waals surface area (Å²) in [4.78, 5) is 0. The van der Waals surface area contributed by atoms with Crippen LogP contribution in [0.5, 0.6) is 0 Å². The zero-order valence-electron chi connectivity index (χ0n) is 8.57. The van der Waals surface area contributed by atoms with E-state index in [0.717, 1.165) is 5.56 Å². The Morgan fingerprint density at radius 1 is 1.36 bits per heavy atom. The first kappa shape index (κ1) is 11.2. The minimum absolute atomic E-state index is 0.160. The summed E-state index contributed by atoms with van der Waals surface area (Å²) in [5.41, 5.74) is 5.85. The Morgan fingerprint density at radius 3 is 2.43 bits per heavy atom. The van der Waals surface area contributed by atoms with Crippen LogP contribution in [0.15, 0.2) is 24.3 Å². The van der Waals surface area contributed by atoms with Crippen molar-refractivity contribution in [3.05, 3.63) is 35.4 Å². The van der Waals surface area contributed by atoms with Crippen molar-refractivity contribution in [1.29, 1.82) is 0 Å². The van der Waals surface area contributed by atoms with E-state index in [-0.39, 0.29) is 6.54 Å². The molecule has 0 aliphatic heterocycles. The molecule has 3 nitrogen and oxygen atoms in total. The molecule has 0 saturated heterocycles. The molecule has 1 unspecified atom stereocenters. The van der Waals surface area contributed by atoms with Gasteiger partial charge in [0.1, 0.15) is 0 Å². The molecule has 0 fully saturated rings. The van der Waals surface area contributed by atoms with E-state index in [0.29, 0.717) is 5.56 Å². The molecule has 0 heterocycles. The summed E-state index contributed by atoms with van der Waals surface area (Å²) in [5.74, 6) is 0. The summed E-state index contributed by atoms with van der Waals surface area (Å²) in [5, 5.41) is 19.5. The number of hydrogen-bond acceptors (Lipinski definition) is 3. The third kappa shape index (κ3) is 2.32. The van der Waals surface area contributed by atoms with Crippen molar-refractivity contribution in [3.8, 4) is 0 Å². The van der Waals surface area contributed by atoms with E-state index in [9.17, 15) is 10.2 Å². The van der Waals surface area contributed by atoms with Crippen LogP contribution < -0.4 is 5.73 Å². The fourth-order valence-corrected chi connectivity index (χ4v) is 1.47. The smallest absolute Gasteiger partial charge is 0.0915 e. The molecule has 3 heteroatoms. The lowest BCUT2D eigenvalue weighted by Crippen LogP contribution is -2.21. The Balaban J connectivity index is 3.16. The number of nitrogens with two attached hydrogens (primary N) is 1. The van der Waals surface area contributed by atoms with Crippen LogP contribution >= 0.6 is 0 Å². The molecule has 0 spiro atoms. The van der Waals surface area contributed by atoms with Gasteiger partial charge in [0.15, 0.2) is 0 Å². The lowest BCUT2D eigenvalue weighted by Gasteiger charge is -2.23. The van der Waals surface area contributed by atoms with Crippen molar-refractivity contribution in [1.82, 2.24) is 0 Å². The number of aliphatic hydroxyl groups is 2. The van der Waals surface area contributed by atoms with Crippen LogP contribution in [0.4, 0.5) is 0 Å². The van der Waals surface area contributed by atoms with E-state index in [4.69, 9.17) is 5.73 Å². The Bertz CT molecular complexity index is 304. The van der Waals surface area contributed by atoms with Crippen LogP contribution in [0, 0.1) is 0 Å². The maximum absolute atomic E-state index is 9.86. The van der Waals surface area contributed by atoms with Gasteiger partial charge < -0.3 is 15.9 Å². The number of rotatable bonds is 3. The quantitative estimate of drug-likeness (QED) is 0.671. The molecule has 0 aliphatic rings. The summed E-state index contributed by atoms with van der Waals surface area (Å²) >= 11 is 0. The molecule has 0 radical (unpaired) electrons. The van der Waals surface area contributed by atoms with Crippen molar-refractivity contribution in [2.24, 2.45) is 5.73 Å². The molecule has 0 aromatic heterocycles. The molecular formula is C11H17NO2. The van der Waals surface area contributed by atoms with Crippen LogP contribution in [0.25, 0.3) is 0 Å². The highest BCUT2D eigenvalue weighted by Crippen LogP contribution is 2.27. The topological polar surface area (TPSA) is 66.5 Å². The summed E-state index contributed by atoms with van der Waals surface area (Å²) in [6, 6.07) is 7.24. The number of aliphatic hydroxyl groups excluding tert-OH is 1. The van der Waals surface area contributed by atoms with Gasteiger partial charge in [0.05, 0.1) is 11.7 Å². The van der Waals surface area contributed by atoms with E-state index in [1.165, 1.54) is 0 Å². The SMILES string of the molecule is CC(C)(O)c1ccccc1C(O)CN.